The summed E-state index contributed by atoms with van der Waals surface area (Å²) >= 11 is 0. The van der Waals surface area contributed by atoms with Crippen LogP contribution in [0.25, 0.3) is 0 Å². The Morgan fingerprint density at radius 1 is 1.36 bits per heavy atom. The van der Waals surface area contributed by atoms with Gasteiger partial charge in [-0.3, -0.25) is 4.79 Å². The standard InChI is InChI=1S/C22H32O6/c1-13-5-8-18-21(3,10-9-19(25)22(18,4)12-28-14(2)23)16(13)7-6-15-17(24)11-27-20(15)26/h6,16-19,24-25H,1,5,7-12H2,2-4H3/b15-6+/t16-,17-,18+,19-,21+,22+/m1/s1. The van der Waals surface area contributed by atoms with Crippen LogP contribution in [0.2, 0.25) is 0 Å². The molecule has 2 N–H and O–H groups in total. The molecule has 6 heteroatoms. The van der Waals surface area contributed by atoms with E-state index in [4.69, 9.17) is 9.47 Å². The minimum Gasteiger partial charge on any atom is -0.465 e. The highest BCUT2D eigenvalue weighted by Gasteiger charge is 2.58. The van der Waals surface area contributed by atoms with Crippen molar-refractivity contribution in [3.63, 3.8) is 0 Å². The number of ether oxygens (including phenoxy) is 2. The van der Waals surface area contributed by atoms with Crippen LogP contribution in [-0.2, 0) is 19.1 Å². The van der Waals surface area contributed by atoms with E-state index in [0.29, 0.717) is 18.4 Å². The number of aliphatic hydroxyl groups excluding tert-OH is 2. The summed E-state index contributed by atoms with van der Waals surface area (Å²) in [5.41, 5.74) is 0.824. The van der Waals surface area contributed by atoms with E-state index in [1.165, 1.54) is 6.92 Å². The Morgan fingerprint density at radius 2 is 2.07 bits per heavy atom. The lowest BCUT2D eigenvalue weighted by molar-refractivity contribution is -0.172. The molecule has 2 saturated carbocycles. The number of esters is 2. The average molecular weight is 392 g/mol. The van der Waals surface area contributed by atoms with Crippen molar-refractivity contribution in [3.05, 3.63) is 23.8 Å². The molecule has 1 aliphatic heterocycles. The van der Waals surface area contributed by atoms with Crippen LogP contribution in [0.5, 0.6) is 0 Å². The monoisotopic (exact) mass is 392 g/mol. The number of rotatable bonds is 4. The van der Waals surface area contributed by atoms with Gasteiger partial charge in [-0.25, -0.2) is 4.79 Å². The van der Waals surface area contributed by atoms with Crippen molar-refractivity contribution < 1.29 is 29.3 Å². The number of carbonyl (C=O) groups excluding carboxylic acids is 2. The predicted molar refractivity (Wildman–Crippen MR) is 103 cm³/mol. The van der Waals surface area contributed by atoms with Crippen LogP contribution < -0.4 is 0 Å². The van der Waals surface area contributed by atoms with Crippen LogP contribution in [0.3, 0.4) is 0 Å². The fourth-order valence-corrected chi connectivity index (χ4v) is 5.80. The lowest BCUT2D eigenvalue weighted by Gasteiger charge is -2.60. The molecule has 0 aromatic carbocycles. The molecule has 28 heavy (non-hydrogen) atoms. The van der Waals surface area contributed by atoms with Gasteiger partial charge in [-0.2, -0.15) is 0 Å². The van der Waals surface area contributed by atoms with Crippen LogP contribution in [-0.4, -0.2) is 47.6 Å². The zero-order valence-electron chi connectivity index (χ0n) is 17.1. The molecule has 3 rings (SSSR count). The second-order valence-corrected chi connectivity index (χ2v) is 9.16. The molecule has 0 aromatic rings. The van der Waals surface area contributed by atoms with Crippen molar-refractivity contribution in [2.75, 3.05) is 13.2 Å². The van der Waals surface area contributed by atoms with E-state index in [1.807, 2.05) is 6.92 Å². The van der Waals surface area contributed by atoms with E-state index in [1.54, 1.807) is 6.08 Å². The third kappa shape index (κ3) is 3.52. The molecular weight excluding hydrogens is 360 g/mol. The Balaban J connectivity index is 1.88. The number of carbonyl (C=O) groups is 2. The number of cyclic esters (lactones) is 1. The summed E-state index contributed by atoms with van der Waals surface area (Å²) in [6.07, 6.45) is 4.22. The molecule has 0 aromatic heterocycles. The van der Waals surface area contributed by atoms with Gasteiger partial charge in [-0.1, -0.05) is 32.1 Å². The zero-order valence-corrected chi connectivity index (χ0v) is 17.1. The normalized spacial score (nSPS) is 42.2. The molecule has 1 saturated heterocycles. The first kappa shape index (κ1) is 21.1. The smallest absolute Gasteiger partial charge is 0.336 e. The summed E-state index contributed by atoms with van der Waals surface area (Å²) in [4.78, 5) is 23.3. The van der Waals surface area contributed by atoms with E-state index < -0.39 is 23.6 Å². The molecule has 156 valence electrons. The van der Waals surface area contributed by atoms with Crippen molar-refractivity contribution in [1.29, 1.82) is 0 Å². The van der Waals surface area contributed by atoms with Crippen molar-refractivity contribution >= 4 is 11.9 Å². The molecule has 0 unspecified atom stereocenters. The zero-order chi connectivity index (χ0) is 20.7. The summed E-state index contributed by atoms with van der Waals surface area (Å²) < 4.78 is 10.3. The summed E-state index contributed by atoms with van der Waals surface area (Å²) in [6, 6.07) is 0. The molecule has 3 aliphatic rings. The molecule has 0 bridgehead atoms. The maximum Gasteiger partial charge on any atom is 0.336 e. The Morgan fingerprint density at radius 3 is 2.68 bits per heavy atom. The third-order valence-electron chi connectivity index (χ3n) is 7.48. The van der Waals surface area contributed by atoms with Gasteiger partial charge in [-0.05, 0) is 49.4 Å². The largest absolute Gasteiger partial charge is 0.465 e. The Hall–Kier alpha value is -1.66. The number of allylic oxidation sites excluding steroid dienone is 2. The van der Waals surface area contributed by atoms with E-state index in [-0.39, 0.29) is 36.4 Å². The highest BCUT2D eigenvalue weighted by atomic mass is 16.6. The van der Waals surface area contributed by atoms with Gasteiger partial charge in [0, 0.05) is 12.3 Å². The highest BCUT2D eigenvalue weighted by molar-refractivity contribution is 5.91. The SMILES string of the molecule is C=C1CC[C@@H]2[C@](C)(COC(C)=O)[C@H](O)CC[C@@]2(C)[C@@H]1C/C=C1/C(=O)OC[C@H]1O. The van der Waals surface area contributed by atoms with E-state index in [0.717, 1.165) is 24.8 Å². The van der Waals surface area contributed by atoms with E-state index in [9.17, 15) is 19.8 Å². The first-order valence-corrected chi connectivity index (χ1v) is 10.1. The van der Waals surface area contributed by atoms with Crippen LogP contribution >= 0.6 is 0 Å². The van der Waals surface area contributed by atoms with Crippen LogP contribution in [0.1, 0.15) is 52.9 Å². The number of aliphatic hydroxyl groups is 2. The maximum atomic E-state index is 11.8. The van der Waals surface area contributed by atoms with Gasteiger partial charge < -0.3 is 19.7 Å². The van der Waals surface area contributed by atoms with Crippen LogP contribution in [0.15, 0.2) is 23.8 Å². The fraction of sp³-hybridized carbons (Fsp3) is 0.727. The molecule has 0 radical (unpaired) electrons. The second kappa shape index (κ2) is 7.64. The summed E-state index contributed by atoms with van der Waals surface area (Å²) in [6.45, 7) is 10.2. The first-order valence-electron chi connectivity index (χ1n) is 10.1. The molecule has 2 aliphatic carbocycles. The minimum atomic E-state index is -0.865. The molecule has 0 spiro atoms. The molecule has 6 atom stereocenters. The van der Waals surface area contributed by atoms with Crippen LogP contribution in [0.4, 0.5) is 0 Å². The number of hydrogen-bond donors (Lipinski definition) is 2. The molecule has 1 heterocycles. The van der Waals surface area contributed by atoms with Gasteiger partial charge >= 0.3 is 11.9 Å². The fourth-order valence-electron chi connectivity index (χ4n) is 5.80. The van der Waals surface area contributed by atoms with Gasteiger partial charge in [-0.15, -0.1) is 0 Å². The summed E-state index contributed by atoms with van der Waals surface area (Å²) in [5.74, 6) is -0.494. The minimum absolute atomic E-state index is 0.0167. The molecule has 6 nitrogen and oxygen atoms in total. The summed E-state index contributed by atoms with van der Waals surface area (Å²) in [5, 5.41) is 20.8. The lowest BCUT2D eigenvalue weighted by Crippen LogP contribution is -2.57. The Labute approximate surface area is 166 Å². The predicted octanol–water partition coefficient (Wildman–Crippen LogP) is 2.53. The van der Waals surface area contributed by atoms with Gasteiger partial charge in [0.15, 0.2) is 0 Å². The summed E-state index contributed by atoms with van der Waals surface area (Å²) in [7, 11) is 0. The van der Waals surface area contributed by atoms with E-state index in [2.05, 4.69) is 13.5 Å². The molecule has 3 fully saturated rings. The van der Waals surface area contributed by atoms with Gasteiger partial charge in [0.1, 0.15) is 12.7 Å². The van der Waals surface area contributed by atoms with Crippen molar-refractivity contribution in [3.8, 4) is 0 Å². The van der Waals surface area contributed by atoms with Crippen molar-refractivity contribution in [2.45, 2.75) is 65.1 Å². The third-order valence-corrected chi connectivity index (χ3v) is 7.48. The molecule has 0 amide bonds. The quantitative estimate of drug-likeness (QED) is 0.434. The Bertz CT molecular complexity index is 697. The average Bonchev–Trinajstić information content (AvgIpc) is 2.95. The first-order chi connectivity index (χ1) is 13.1. The number of hydrogen-bond acceptors (Lipinski definition) is 6. The van der Waals surface area contributed by atoms with Crippen molar-refractivity contribution in [1.82, 2.24) is 0 Å². The lowest BCUT2D eigenvalue weighted by atomic mass is 9.46. The van der Waals surface area contributed by atoms with Gasteiger partial charge in [0.05, 0.1) is 18.3 Å². The van der Waals surface area contributed by atoms with Gasteiger partial charge in [0.25, 0.3) is 0 Å². The topological polar surface area (TPSA) is 93.1 Å². The second-order valence-electron chi connectivity index (χ2n) is 9.16. The maximum absolute atomic E-state index is 11.8. The van der Waals surface area contributed by atoms with Gasteiger partial charge in [0.2, 0.25) is 0 Å². The molecular formula is C22H32O6. The van der Waals surface area contributed by atoms with Crippen molar-refractivity contribution in [2.24, 2.45) is 22.7 Å². The van der Waals surface area contributed by atoms with E-state index >= 15 is 0 Å². The number of fused-ring (bicyclic) bond motifs is 1. The Kier molecular flexibility index (Phi) is 5.74. The van der Waals surface area contributed by atoms with Crippen LogP contribution in [0, 0.1) is 22.7 Å². The highest BCUT2D eigenvalue weighted by Crippen LogP contribution is 2.61.